The number of nitrogen functional groups attached to an aromatic ring is 1. The first-order valence-electron chi connectivity index (χ1n) is 7.68. The van der Waals surface area contributed by atoms with Crippen LogP contribution in [0, 0.1) is 10.1 Å². The van der Waals surface area contributed by atoms with Gasteiger partial charge in [0.2, 0.25) is 0 Å². The summed E-state index contributed by atoms with van der Waals surface area (Å²) < 4.78 is 0. The third-order valence-corrected chi connectivity index (χ3v) is 4.73. The first kappa shape index (κ1) is 14.1. The van der Waals surface area contributed by atoms with Crippen LogP contribution in [0.4, 0.5) is 17.1 Å². The van der Waals surface area contributed by atoms with E-state index in [9.17, 15) is 10.1 Å². The van der Waals surface area contributed by atoms with Gasteiger partial charge < -0.3 is 10.6 Å². The second-order valence-electron chi connectivity index (χ2n) is 5.96. The summed E-state index contributed by atoms with van der Waals surface area (Å²) >= 11 is 0. The fourth-order valence-electron chi connectivity index (χ4n) is 3.52. The van der Waals surface area contributed by atoms with Crippen molar-refractivity contribution in [1.29, 1.82) is 0 Å². The van der Waals surface area contributed by atoms with Gasteiger partial charge in [0.05, 0.1) is 4.92 Å². The molecular formula is C15H22N4O2. The van der Waals surface area contributed by atoms with E-state index in [-0.39, 0.29) is 11.4 Å². The number of nitro groups is 1. The molecule has 0 spiro atoms. The fraction of sp³-hybridized carbons (Fsp3) is 0.600. The zero-order valence-corrected chi connectivity index (χ0v) is 12.2. The van der Waals surface area contributed by atoms with Crippen LogP contribution in [0.2, 0.25) is 0 Å². The Labute approximate surface area is 124 Å². The lowest BCUT2D eigenvalue weighted by Gasteiger charge is -2.39. The second-order valence-corrected chi connectivity index (χ2v) is 5.96. The average molecular weight is 290 g/mol. The summed E-state index contributed by atoms with van der Waals surface area (Å²) in [7, 11) is 0. The highest BCUT2D eigenvalue weighted by atomic mass is 16.6. The lowest BCUT2D eigenvalue weighted by molar-refractivity contribution is -0.383. The number of hydrogen-bond acceptors (Lipinski definition) is 5. The van der Waals surface area contributed by atoms with E-state index in [2.05, 4.69) is 9.80 Å². The van der Waals surface area contributed by atoms with Crippen LogP contribution >= 0.6 is 0 Å². The normalized spacial score (nSPS) is 20.9. The number of nitro benzene ring substituents is 1. The lowest BCUT2D eigenvalue weighted by atomic mass is 10.1. The maximum Gasteiger partial charge on any atom is 0.292 e. The molecule has 2 fully saturated rings. The highest BCUT2D eigenvalue weighted by molar-refractivity contribution is 5.66. The van der Waals surface area contributed by atoms with Crippen LogP contribution in [0.5, 0.6) is 0 Å². The standard InChI is InChI=1S/C15H22N4O2/c16-14-11-13(5-6-15(14)19(20)21)18-9-7-17(8-10-18)12-3-1-2-4-12/h5-6,11-12H,1-4,7-10,16H2. The maximum atomic E-state index is 10.8. The second kappa shape index (κ2) is 5.89. The Morgan fingerprint density at radius 3 is 2.38 bits per heavy atom. The van der Waals surface area contributed by atoms with Crippen molar-refractivity contribution in [3.8, 4) is 0 Å². The Morgan fingerprint density at radius 2 is 1.81 bits per heavy atom. The predicted octanol–water partition coefficient (Wildman–Crippen LogP) is 2.24. The zero-order valence-electron chi connectivity index (χ0n) is 12.2. The number of piperazine rings is 1. The van der Waals surface area contributed by atoms with Crippen molar-refractivity contribution < 1.29 is 4.92 Å². The summed E-state index contributed by atoms with van der Waals surface area (Å²) in [5.74, 6) is 0. The number of anilines is 2. The SMILES string of the molecule is Nc1cc(N2CCN(C3CCCC3)CC2)ccc1[N+](=O)[O-]. The molecule has 6 nitrogen and oxygen atoms in total. The Morgan fingerprint density at radius 1 is 1.14 bits per heavy atom. The third kappa shape index (κ3) is 2.95. The van der Waals surface area contributed by atoms with Gasteiger partial charge in [-0.15, -0.1) is 0 Å². The van der Waals surface area contributed by atoms with E-state index in [0.29, 0.717) is 0 Å². The van der Waals surface area contributed by atoms with Gasteiger partial charge in [-0.1, -0.05) is 12.8 Å². The Kier molecular flexibility index (Phi) is 3.96. The van der Waals surface area contributed by atoms with Gasteiger partial charge in [0, 0.05) is 44.0 Å². The fourth-order valence-corrected chi connectivity index (χ4v) is 3.52. The highest BCUT2D eigenvalue weighted by Crippen LogP contribution is 2.29. The molecule has 1 aliphatic heterocycles. The molecule has 0 amide bonds. The van der Waals surface area contributed by atoms with E-state index < -0.39 is 4.92 Å². The molecule has 0 radical (unpaired) electrons. The third-order valence-electron chi connectivity index (χ3n) is 4.73. The van der Waals surface area contributed by atoms with Crippen LogP contribution < -0.4 is 10.6 Å². The van der Waals surface area contributed by atoms with E-state index in [1.54, 1.807) is 12.1 Å². The number of nitrogens with two attached hydrogens (primary N) is 1. The molecule has 1 saturated heterocycles. The first-order valence-corrected chi connectivity index (χ1v) is 7.68. The van der Waals surface area contributed by atoms with Crippen LogP contribution in [-0.2, 0) is 0 Å². The first-order chi connectivity index (χ1) is 10.1. The number of benzene rings is 1. The molecule has 3 rings (SSSR count). The quantitative estimate of drug-likeness (QED) is 0.525. The summed E-state index contributed by atoms with van der Waals surface area (Å²) in [5.41, 5.74) is 7.00. The molecule has 114 valence electrons. The van der Waals surface area contributed by atoms with Crippen molar-refractivity contribution in [2.75, 3.05) is 36.8 Å². The smallest absolute Gasteiger partial charge is 0.292 e. The van der Waals surface area contributed by atoms with Gasteiger partial charge >= 0.3 is 0 Å². The molecule has 1 heterocycles. The van der Waals surface area contributed by atoms with Crippen LogP contribution in [-0.4, -0.2) is 42.0 Å². The molecule has 21 heavy (non-hydrogen) atoms. The molecule has 2 aliphatic rings. The van der Waals surface area contributed by atoms with Crippen molar-refractivity contribution in [3.63, 3.8) is 0 Å². The van der Waals surface area contributed by atoms with Gasteiger partial charge in [0.25, 0.3) is 5.69 Å². The largest absolute Gasteiger partial charge is 0.393 e. The number of hydrogen-bond donors (Lipinski definition) is 1. The van der Waals surface area contributed by atoms with E-state index in [4.69, 9.17) is 5.73 Å². The van der Waals surface area contributed by atoms with E-state index in [1.165, 1.54) is 31.7 Å². The highest BCUT2D eigenvalue weighted by Gasteiger charge is 2.26. The summed E-state index contributed by atoms with van der Waals surface area (Å²) in [6.45, 7) is 4.07. The van der Waals surface area contributed by atoms with Crippen LogP contribution in [0.3, 0.4) is 0 Å². The van der Waals surface area contributed by atoms with Crippen LogP contribution in [0.15, 0.2) is 18.2 Å². The van der Waals surface area contributed by atoms with E-state index in [0.717, 1.165) is 37.9 Å². The topological polar surface area (TPSA) is 75.6 Å². The van der Waals surface area contributed by atoms with Gasteiger partial charge in [-0.05, 0) is 25.0 Å². The van der Waals surface area contributed by atoms with Gasteiger partial charge in [-0.3, -0.25) is 15.0 Å². The van der Waals surface area contributed by atoms with Gasteiger partial charge in [-0.2, -0.15) is 0 Å². The number of nitrogens with zero attached hydrogens (tertiary/aromatic N) is 3. The van der Waals surface area contributed by atoms with Crippen molar-refractivity contribution in [1.82, 2.24) is 4.90 Å². The molecule has 0 bridgehead atoms. The average Bonchev–Trinajstić information content (AvgIpc) is 3.01. The molecule has 1 aromatic rings. The van der Waals surface area contributed by atoms with Crippen LogP contribution in [0.1, 0.15) is 25.7 Å². The lowest BCUT2D eigenvalue weighted by Crippen LogP contribution is -2.49. The van der Waals surface area contributed by atoms with Gasteiger partial charge in [0.15, 0.2) is 0 Å². The Bertz CT molecular complexity index is 520. The number of rotatable bonds is 3. The molecule has 0 aromatic heterocycles. The van der Waals surface area contributed by atoms with Gasteiger partial charge in [-0.25, -0.2) is 0 Å². The molecular weight excluding hydrogens is 268 g/mol. The Hall–Kier alpha value is -1.82. The maximum absolute atomic E-state index is 10.8. The molecule has 0 unspecified atom stereocenters. The molecule has 1 saturated carbocycles. The molecule has 6 heteroatoms. The monoisotopic (exact) mass is 290 g/mol. The molecule has 1 aliphatic carbocycles. The van der Waals surface area contributed by atoms with Crippen molar-refractivity contribution in [3.05, 3.63) is 28.3 Å². The summed E-state index contributed by atoms with van der Waals surface area (Å²) in [6.07, 6.45) is 5.41. The minimum Gasteiger partial charge on any atom is -0.393 e. The van der Waals surface area contributed by atoms with Crippen molar-refractivity contribution in [2.24, 2.45) is 0 Å². The Balaban J connectivity index is 1.64. The van der Waals surface area contributed by atoms with Gasteiger partial charge in [0.1, 0.15) is 5.69 Å². The zero-order chi connectivity index (χ0) is 14.8. The summed E-state index contributed by atoms with van der Waals surface area (Å²) in [5, 5.41) is 10.8. The molecule has 1 aromatic carbocycles. The van der Waals surface area contributed by atoms with E-state index in [1.807, 2.05) is 0 Å². The predicted molar refractivity (Wildman–Crippen MR) is 83.6 cm³/mol. The minimum atomic E-state index is -0.433. The molecule has 2 N–H and O–H groups in total. The molecule has 0 atom stereocenters. The summed E-state index contributed by atoms with van der Waals surface area (Å²) in [6, 6.07) is 5.81. The van der Waals surface area contributed by atoms with Crippen LogP contribution in [0.25, 0.3) is 0 Å². The summed E-state index contributed by atoms with van der Waals surface area (Å²) in [4.78, 5) is 15.2. The minimum absolute atomic E-state index is 0.0108. The van der Waals surface area contributed by atoms with Crippen molar-refractivity contribution in [2.45, 2.75) is 31.7 Å². The van der Waals surface area contributed by atoms with E-state index >= 15 is 0 Å². The van der Waals surface area contributed by atoms with Crippen molar-refractivity contribution >= 4 is 17.1 Å².